The second kappa shape index (κ2) is 5.24. The van der Waals surface area contributed by atoms with E-state index in [-0.39, 0.29) is 15.6 Å². The molecule has 0 amide bonds. The van der Waals surface area contributed by atoms with E-state index in [2.05, 4.69) is 4.72 Å². The van der Waals surface area contributed by atoms with Gasteiger partial charge in [0.05, 0.1) is 16.0 Å². The number of nitrogens with one attached hydrogen (secondary N) is 1. The van der Waals surface area contributed by atoms with Crippen LogP contribution < -0.4 is 4.72 Å². The van der Waals surface area contributed by atoms with Crippen molar-refractivity contribution in [2.24, 2.45) is 0 Å². The van der Waals surface area contributed by atoms with Crippen LogP contribution in [0, 0.1) is 0 Å². The maximum atomic E-state index is 11.6. The largest absolute Gasteiger partial charge is 0.283 e. The quantitative estimate of drug-likeness (QED) is 0.859. The molecule has 1 N–H and O–H groups in total. The molecular formula is C9H11Cl2NO4S2. The van der Waals surface area contributed by atoms with Crippen molar-refractivity contribution in [1.29, 1.82) is 0 Å². The number of anilines is 1. The molecule has 1 aromatic carbocycles. The lowest BCUT2D eigenvalue weighted by molar-refractivity contribution is 0.592. The molecular weight excluding hydrogens is 321 g/mol. The van der Waals surface area contributed by atoms with E-state index in [0.717, 1.165) is 6.07 Å². The molecule has 0 aliphatic carbocycles. The van der Waals surface area contributed by atoms with Gasteiger partial charge in [-0.3, -0.25) is 4.72 Å². The standard InChI is InChI=1S/C9H11Cl2NO4S2/c1-6(2)18(15,16)12-7-3-4-9(8(10)5-7)17(11,13)14/h3-6,12H,1-2H3. The summed E-state index contributed by atoms with van der Waals surface area (Å²) in [6, 6.07) is 3.61. The summed E-state index contributed by atoms with van der Waals surface area (Å²) in [5.41, 5.74) is 0.178. The second-order valence-corrected chi connectivity index (χ2v) is 8.96. The topological polar surface area (TPSA) is 80.3 Å². The van der Waals surface area contributed by atoms with Gasteiger partial charge in [0.25, 0.3) is 9.05 Å². The smallest absolute Gasteiger partial charge is 0.262 e. The maximum Gasteiger partial charge on any atom is 0.262 e. The third kappa shape index (κ3) is 3.74. The van der Waals surface area contributed by atoms with Crippen LogP contribution in [-0.2, 0) is 19.1 Å². The van der Waals surface area contributed by atoms with Crippen molar-refractivity contribution in [2.45, 2.75) is 24.0 Å². The van der Waals surface area contributed by atoms with Gasteiger partial charge in [-0.25, -0.2) is 16.8 Å². The van der Waals surface area contributed by atoms with Crippen LogP contribution in [0.3, 0.4) is 0 Å². The monoisotopic (exact) mass is 331 g/mol. The van der Waals surface area contributed by atoms with Gasteiger partial charge < -0.3 is 0 Å². The molecule has 0 unspecified atom stereocenters. The third-order valence-electron chi connectivity index (χ3n) is 2.08. The van der Waals surface area contributed by atoms with Crippen LogP contribution in [0.25, 0.3) is 0 Å². The first kappa shape index (κ1) is 15.6. The van der Waals surface area contributed by atoms with Gasteiger partial charge in [-0.2, -0.15) is 0 Å². The van der Waals surface area contributed by atoms with Gasteiger partial charge in [0, 0.05) is 10.7 Å². The van der Waals surface area contributed by atoms with Crippen LogP contribution in [0.1, 0.15) is 13.8 Å². The summed E-state index contributed by atoms with van der Waals surface area (Å²) in [6.45, 7) is 3.03. The lowest BCUT2D eigenvalue weighted by Crippen LogP contribution is -2.22. The Bertz CT molecular complexity index is 653. The van der Waals surface area contributed by atoms with E-state index in [1.54, 1.807) is 0 Å². The first-order valence-corrected chi connectivity index (χ1v) is 9.03. The highest BCUT2D eigenvalue weighted by Crippen LogP contribution is 2.28. The van der Waals surface area contributed by atoms with Gasteiger partial charge in [0.2, 0.25) is 10.0 Å². The average Bonchev–Trinajstić information content (AvgIpc) is 2.14. The van der Waals surface area contributed by atoms with Gasteiger partial charge in [0.15, 0.2) is 0 Å². The van der Waals surface area contributed by atoms with Crippen molar-refractivity contribution < 1.29 is 16.8 Å². The van der Waals surface area contributed by atoms with Gasteiger partial charge >= 0.3 is 0 Å². The molecule has 0 fully saturated rings. The molecule has 102 valence electrons. The van der Waals surface area contributed by atoms with Gasteiger partial charge in [-0.1, -0.05) is 11.6 Å². The summed E-state index contributed by atoms with van der Waals surface area (Å²) in [5, 5.41) is -0.762. The molecule has 0 bridgehead atoms. The zero-order valence-corrected chi connectivity index (χ0v) is 12.7. The van der Waals surface area contributed by atoms with E-state index in [1.165, 1.54) is 26.0 Å². The van der Waals surface area contributed by atoms with E-state index in [4.69, 9.17) is 22.3 Å². The molecule has 0 radical (unpaired) electrons. The van der Waals surface area contributed by atoms with Gasteiger partial charge in [-0.05, 0) is 32.0 Å². The molecule has 0 heterocycles. The number of benzene rings is 1. The van der Waals surface area contributed by atoms with E-state index < -0.39 is 24.3 Å². The fourth-order valence-corrected chi connectivity index (χ4v) is 3.27. The molecule has 0 aromatic heterocycles. The predicted molar refractivity (Wildman–Crippen MR) is 72.2 cm³/mol. The molecule has 0 aliphatic rings. The maximum absolute atomic E-state index is 11.6. The fraction of sp³-hybridized carbons (Fsp3) is 0.333. The van der Waals surface area contributed by atoms with Crippen molar-refractivity contribution in [3.8, 4) is 0 Å². The van der Waals surface area contributed by atoms with Crippen molar-refractivity contribution in [3.63, 3.8) is 0 Å². The predicted octanol–water partition coefficient (Wildman–Crippen LogP) is 2.42. The summed E-state index contributed by atoms with van der Waals surface area (Å²) in [5.74, 6) is 0. The Labute approximate surface area is 116 Å². The SMILES string of the molecule is CC(C)S(=O)(=O)Nc1ccc(S(=O)(=O)Cl)c(Cl)c1. The lowest BCUT2D eigenvalue weighted by atomic mass is 10.3. The van der Waals surface area contributed by atoms with Crippen molar-refractivity contribution in [2.75, 3.05) is 4.72 Å². The number of hydrogen-bond donors (Lipinski definition) is 1. The van der Waals surface area contributed by atoms with Gasteiger partial charge in [0.1, 0.15) is 4.90 Å². The molecule has 0 saturated heterocycles. The minimum atomic E-state index is -3.95. The molecule has 5 nitrogen and oxygen atoms in total. The molecule has 9 heteroatoms. The first-order valence-electron chi connectivity index (χ1n) is 4.80. The Kier molecular flexibility index (Phi) is 4.53. The molecule has 1 rings (SSSR count). The Morgan fingerprint density at radius 2 is 1.72 bits per heavy atom. The minimum absolute atomic E-state index is 0.144. The minimum Gasteiger partial charge on any atom is -0.283 e. The Balaban J connectivity index is 3.15. The molecule has 1 aromatic rings. The van der Waals surface area contributed by atoms with Crippen LogP contribution in [0.2, 0.25) is 5.02 Å². The van der Waals surface area contributed by atoms with Crippen molar-refractivity contribution >= 4 is 47.0 Å². The zero-order valence-electron chi connectivity index (χ0n) is 9.51. The molecule has 0 atom stereocenters. The number of halogens is 2. The average molecular weight is 332 g/mol. The summed E-state index contributed by atoms with van der Waals surface area (Å²) < 4.78 is 47.7. The molecule has 18 heavy (non-hydrogen) atoms. The van der Waals surface area contributed by atoms with Crippen LogP contribution in [0.15, 0.2) is 23.1 Å². The highest BCUT2D eigenvalue weighted by molar-refractivity contribution is 8.13. The normalized spacial score (nSPS) is 12.7. The highest BCUT2D eigenvalue weighted by Gasteiger charge is 2.18. The summed E-state index contributed by atoms with van der Waals surface area (Å²) in [4.78, 5) is -0.265. The summed E-state index contributed by atoms with van der Waals surface area (Å²) in [6.07, 6.45) is 0. The number of hydrogen-bond acceptors (Lipinski definition) is 4. The Morgan fingerprint density at radius 3 is 2.11 bits per heavy atom. The van der Waals surface area contributed by atoms with E-state index in [1.807, 2.05) is 0 Å². The van der Waals surface area contributed by atoms with Crippen molar-refractivity contribution in [3.05, 3.63) is 23.2 Å². The number of rotatable bonds is 4. The summed E-state index contributed by atoms with van der Waals surface area (Å²) >= 11 is 5.72. The van der Waals surface area contributed by atoms with Crippen LogP contribution >= 0.6 is 22.3 Å². The third-order valence-corrected chi connectivity index (χ3v) is 5.64. The second-order valence-electron chi connectivity index (χ2n) is 3.78. The molecule has 0 saturated carbocycles. The van der Waals surface area contributed by atoms with Crippen LogP contribution in [0.5, 0.6) is 0 Å². The summed E-state index contributed by atoms with van der Waals surface area (Å²) in [7, 11) is -2.31. The zero-order chi connectivity index (χ0) is 14.1. The number of sulfonamides is 1. The van der Waals surface area contributed by atoms with E-state index in [9.17, 15) is 16.8 Å². The van der Waals surface area contributed by atoms with E-state index >= 15 is 0 Å². The molecule has 0 aliphatic heterocycles. The molecule has 0 spiro atoms. The van der Waals surface area contributed by atoms with E-state index in [0.29, 0.717) is 0 Å². The first-order chi connectivity index (χ1) is 8.04. The van der Waals surface area contributed by atoms with Gasteiger partial charge in [-0.15, -0.1) is 0 Å². The van der Waals surface area contributed by atoms with Crippen LogP contribution in [-0.4, -0.2) is 22.1 Å². The van der Waals surface area contributed by atoms with Crippen LogP contribution in [0.4, 0.5) is 5.69 Å². The lowest BCUT2D eigenvalue weighted by Gasteiger charge is -2.11. The van der Waals surface area contributed by atoms with Crippen molar-refractivity contribution in [1.82, 2.24) is 0 Å². The highest BCUT2D eigenvalue weighted by atomic mass is 35.7. The Hall–Kier alpha value is -0.500. The Morgan fingerprint density at radius 1 is 1.17 bits per heavy atom. The fourth-order valence-electron chi connectivity index (χ4n) is 1.04.